The second-order valence-electron chi connectivity index (χ2n) is 4.94. The first kappa shape index (κ1) is 14.0. The van der Waals surface area contributed by atoms with E-state index in [2.05, 4.69) is 52.1 Å². The van der Waals surface area contributed by atoms with E-state index in [4.69, 9.17) is 0 Å². The fraction of sp³-hybridized carbons (Fsp3) is 0.0526. The van der Waals surface area contributed by atoms with E-state index in [9.17, 15) is 0 Å². The maximum Gasteiger partial charge on any atom is 0.108 e. The van der Waals surface area contributed by atoms with Gasteiger partial charge >= 0.3 is 0 Å². The van der Waals surface area contributed by atoms with E-state index in [0.29, 0.717) is 6.67 Å². The van der Waals surface area contributed by atoms with Gasteiger partial charge in [-0.25, -0.2) is 0 Å². The van der Waals surface area contributed by atoms with Crippen LogP contribution >= 0.6 is 0 Å². The Bertz CT molecular complexity index is 669. The number of rotatable bonds is 6. The van der Waals surface area contributed by atoms with Gasteiger partial charge in [0.25, 0.3) is 0 Å². The summed E-state index contributed by atoms with van der Waals surface area (Å²) in [6.45, 7) is 0.656. The molecule has 0 aromatic heterocycles. The topological polar surface area (TPSA) is 27.3 Å². The fourth-order valence-corrected chi connectivity index (χ4v) is 2.20. The minimum atomic E-state index is 0.656. The summed E-state index contributed by atoms with van der Waals surface area (Å²) >= 11 is 0. The van der Waals surface area contributed by atoms with Crippen LogP contribution in [0.25, 0.3) is 0 Å². The Balaban J connectivity index is 1.74. The smallest absolute Gasteiger partial charge is 0.108 e. The molecule has 3 aromatic rings. The van der Waals surface area contributed by atoms with Gasteiger partial charge in [-0.05, 0) is 36.4 Å². The van der Waals surface area contributed by atoms with Gasteiger partial charge in [0.05, 0.1) is 11.4 Å². The molecule has 0 aliphatic rings. The first-order valence-corrected chi connectivity index (χ1v) is 7.35. The van der Waals surface area contributed by atoms with E-state index in [1.165, 1.54) is 0 Å². The third-order valence-electron chi connectivity index (χ3n) is 3.32. The number of nitrogens with zero attached hydrogens (tertiary/aromatic N) is 1. The number of hydrogen-bond acceptors (Lipinski definition) is 3. The van der Waals surface area contributed by atoms with E-state index >= 15 is 0 Å². The summed E-state index contributed by atoms with van der Waals surface area (Å²) in [5.74, 6) is 0. The summed E-state index contributed by atoms with van der Waals surface area (Å²) in [4.78, 5) is 0. The molecule has 3 rings (SSSR count). The summed E-state index contributed by atoms with van der Waals surface area (Å²) in [5.41, 5.74) is 6.69. The highest BCUT2D eigenvalue weighted by atomic mass is 15.5. The van der Waals surface area contributed by atoms with Crippen molar-refractivity contribution in [3.63, 3.8) is 0 Å². The van der Waals surface area contributed by atoms with Gasteiger partial charge in [0.2, 0.25) is 0 Å². The predicted octanol–water partition coefficient (Wildman–Crippen LogP) is 4.59. The highest BCUT2D eigenvalue weighted by molar-refractivity contribution is 5.56. The lowest BCUT2D eigenvalue weighted by Crippen LogP contribution is -2.34. The van der Waals surface area contributed by atoms with Crippen LogP contribution in [-0.2, 0) is 0 Å². The van der Waals surface area contributed by atoms with Crippen molar-refractivity contribution in [3.05, 3.63) is 91.0 Å². The maximum atomic E-state index is 3.44. The Hall–Kier alpha value is -2.94. The Morgan fingerprint density at radius 3 is 1.68 bits per heavy atom. The minimum Gasteiger partial charge on any atom is -0.366 e. The normalized spacial score (nSPS) is 10.0. The quantitative estimate of drug-likeness (QED) is 0.513. The van der Waals surface area contributed by atoms with Crippen molar-refractivity contribution in [1.29, 1.82) is 0 Å². The monoisotopic (exact) mass is 289 g/mol. The summed E-state index contributed by atoms with van der Waals surface area (Å²) in [6.07, 6.45) is 0. The van der Waals surface area contributed by atoms with Crippen LogP contribution in [0.4, 0.5) is 17.1 Å². The molecule has 0 saturated heterocycles. The molecule has 0 radical (unpaired) electrons. The summed E-state index contributed by atoms with van der Waals surface area (Å²) in [7, 11) is 0. The Kier molecular flexibility index (Phi) is 4.57. The average molecular weight is 289 g/mol. The number of benzene rings is 3. The molecule has 0 atom stereocenters. The summed E-state index contributed by atoms with van der Waals surface area (Å²) in [5, 5.41) is 5.51. The molecule has 0 spiro atoms. The lowest BCUT2D eigenvalue weighted by molar-refractivity contribution is 0.958. The van der Waals surface area contributed by atoms with Crippen LogP contribution in [0.2, 0.25) is 0 Å². The van der Waals surface area contributed by atoms with Crippen molar-refractivity contribution in [2.45, 2.75) is 0 Å². The molecular weight excluding hydrogens is 270 g/mol. The highest BCUT2D eigenvalue weighted by Gasteiger charge is 2.05. The number of hydrogen-bond donors (Lipinski definition) is 2. The third-order valence-corrected chi connectivity index (χ3v) is 3.32. The van der Waals surface area contributed by atoms with Crippen LogP contribution in [0, 0.1) is 0 Å². The number of nitrogens with one attached hydrogen (secondary N) is 2. The van der Waals surface area contributed by atoms with Crippen LogP contribution in [0.15, 0.2) is 91.0 Å². The Morgan fingerprint density at radius 1 is 0.591 bits per heavy atom. The molecule has 0 amide bonds. The molecule has 0 bridgehead atoms. The first-order chi connectivity index (χ1) is 10.9. The van der Waals surface area contributed by atoms with Gasteiger partial charge in [-0.3, -0.25) is 10.4 Å². The van der Waals surface area contributed by atoms with Gasteiger partial charge in [0.1, 0.15) is 6.67 Å². The molecule has 0 saturated carbocycles. The maximum absolute atomic E-state index is 3.44. The molecule has 0 aliphatic heterocycles. The molecule has 22 heavy (non-hydrogen) atoms. The van der Waals surface area contributed by atoms with E-state index in [-0.39, 0.29) is 0 Å². The van der Waals surface area contributed by atoms with Gasteiger partial charge in [-0.1, -0.05) is 54.6 Å². The number of anilines is 3. The molecule has 0 fully saturated rings. The molecule has 2 N–H and O–H groups in total. The zero-order chi connectivity index (χ0) is 15.0. The largest absolute Gasteiger partial charge is 0.366 e. The van der Waals surface area contributed by atoms with E-state index < -0.39 is 0 Å². The summed E-state index contributed by atoms with van der Waals surface area (Å²) < 4.78 is 0. The van der Waals surface area contributed by atoms with Crippen molar-refractivity contribution in [3.8, 4) is 0 Å². The zero-order valence-electron chi connectivity index (χ0n) is 12.3. The van der Waals surface area contributed by atoms with Crippen molar-refractivity contribution < 1.29 is 0 Å². The van der Waals surface area contributed by atoms with Gasteiger partial charge in [0.15, 0.2) is 0 Å². The van der Waals surface area contributed by atoms with Crippen molar-refractivity contribution in [2.75, 3.05) is 22.4 Å². The SMILES string of the molecule is c1ccc(NCN(Nc2ccccc2)c2ccccc2)cc1. The molecule has 110 valence electrons. The van der Waals surface area contributed by atoms with Crippen molar-refractivity contribution in [1.82, 2.24) is 0 Å². The molecular formula is C19H19N3. The zero-order valence-corrected chi connectivity index (χ0v) is 12.3. The number of hydrazine groups is 1. The molecule has 3 heteroatoms. The van der Waals surface area contributed by atoms with Crippen molar-refractivity contribution in [2.24, 2.45) is 0 Å². The van der Waals surface area contributed by atoms with Crippen LogP contribution in [0.1, 0.15) is 0 Å². The van der Waals surface area contributed by atoms with E-state index in [1.54, 1.807) is 0 Å². The summed E-state index contributed by atoms with van der Waals surface area (Å²) in [6, 6.07) is 30.6. The minimum absolute atomic E-state index is 0.656. The molecule has 0 unspecified atom stereocenters. The van der Waals surface area contributed by atoms with E-state index in [1.807, 2.05) is 54.6 Å². The molecule has 0 heterocycles. The molecule has 0 aliphatic carbocycles. The van der Waals surface area contributed by atoms with Crippen LogP contribution in [0.3, 0.4) is 0 Å². The highest BCUT2D eigenvalue weighted by Crippen LogP contribution is 2.16. The molecule has 3 aromatic carbocycles. The van der Waals surface area contributed by atoms with Crippen LogP contribution in [-0.4, -0.2) is 6.67 Å². The Morgan fingerprint density at radius 2 is 1.09 bits per heavy atom. The average Bonchev–Trinajstić information content (AvgIpc) is 2.61. The number of para-hydroxylation sites is 3. The van der Waals surface area contributed by atoms with E-state index in [0.717, 1.165) is 17.1 Å². The van der Waals surface area contributed by atoms with Gasteiger partial charge < -0.3 is 5.32 Å². The lowest BCUT2D eigenvalue weighted by Gasteiger charge is -2.27. The van der Waals surface area contributed by atoms with Crippen LogP contribution in [0.5, 0.6) is 0 Å². The fourth-order valence-electron chi connectivity index (χ4n) is 2.20. The Labute approximate surface area is 131 Å². The lowest BCUT2D eigenvalue weighted by atomic mass is 10.3. The van der Waals surface area contributed by atoms with Gasteiger partial charge in [0, 0.05) is 5.69 Å². The third kappa shape index (κ3) is 3.79. The first-order valence-electron chi connectivity index (χ1n) is 7.35. The van der Waals surface area contributed by atoms with Gasteiger partial charge in [-0.2, -0.15) is 0 Å². The van der Waals surface area contributed by atoms with Crippen molar-refractivity contribution >= 4 is 17.1 Å². The second kappa shape index (κ2) is 7.18. The predicted molar refractivity (Wildman–Crippen MR) is 93.9 cm³/mol. The standard InChI is InChI=1S/C19H19N3/c1-4-10-17(11-5-1)20-16-22(19-14-8-3-9-15-19)21-18-12-6-2-7-13-18/h1-15,20-21H,16H2. The van der Waals surface area contributed by atoms with Crippen LogP contribution < -0.4 is 15.8 Å². The second-order valence-corrected chi connectivity index (χ2v) is 4.94. The molecule has 3 nitrogen and oxygen atoms in total. The van der Waals surface area contributed by atoms with Gasteiger partial charge in [-0.15, -0.1) is 0 Å².